The van der Waals surface area contributed by atoms with Gasteiger partial charge in [0.05, 0.1) is 18.7 Å². The molecule has 1 aromatic carbocycles. The van der Waals surface area contributed by atoms with Gasteiger partial charge < -0.3 is 9.64 Å². The second kappa shape index (κ2) is 5.56. The fraction of sp³-hybridized carbons (Fsp3) is 0.294. The van der Waals surface area contributed by atoms with Crippen LogP contribution in [0, 0.1) is 0 Å². The number of ether oxygens (including phenoxy) is 1. The molecule has 108 valence electrons. The number of nitrogens with zero attached hydrogens (tertiary/aromatic N) is 2. The molecule has 0 saturated carbocycles. The monoisotopic (exact) mass is 282 g/mol. The molecule has 0 radical (unpaired) electrons. The summed E-state index contributed by atoms with van der Waals surface area (Å²) in [7, 11) is 1.66. The number of hydrogen-bond acceptors (Lipinski definition) is 3. The number of carbonyl (C=O) groups excluding carboxylic acids is 1. The smallest absolute Gasteiger partial charge is 0.255 e. The first-order valence-corrected chi connectivity index (χ1v) is 7.08. The summed E-state index contributed by atoms with van der Waals surface area (Å²) in [6.07, 6.45) is 4.17. The Balaban J connectivity index is 1.91. The average Bonchev–Trinajstić information content (AvgIpc) is 2.55. The molecule has 4 heteroatoms. The largest absolute Gasteiger partial charge is 0.497 e. The molecule has 2 heterocycles. The number of fused-ring (bicyclic) bond motifs is 1. The summed E-state index contributed by atoms with van der Waals surface area (Å²) in [5, 5.41) is 0. The minimum Gasteiger partial charge on any atom is -0.497 e. The average molecular weight is 282 g/mol. The number of pyridine rings is 1. The highest BCUT2D eigenvalue weighted by molar-refractivity contribution is 5.94. The van der Waals surface area contributed by atoms with Crippen molar-refractivity contribution < 1.29 is 9.53 Å². The molecule has 1 atom stereocenters. The maximum absolute atomic E-state index is 12.6. The number of benzene rings is 1. The van der Waals surface area contributed by atoms with Crippen LogP contribution >= 0.6 is 0 Å². The minimum atomic E-state index is 0.0315. The second-order valence-electron chi connectivity index (χ2n) is 5.23. The molecule has 0 spiro atoms. The Morgan fingerprint density at radius 2 is 2.24 bits per heavy atom. The van der Waals surface area contributed by atoms with Crippen LogP contribution < -0.4 is 4.74 Å². The summed E-state index contributed by atoms with van der Waals surface area (Å²) in [5.74, 6) is 0.861. The van der Waals surface area contributed by atoms with Crippen molar-refractivity contribution in [1.82, 2.24) is 9.88 Å². The fourth-order valence-corrected chi connectivity index (χ4v) is 2.85. The summed E-state index contributed by atoms with van der Waals surface area (Å²) in [4.78, 5) is 18.6. The van der Waals surface area contributed by atoms with E-state index < -0.39 is 0 Å². The summed E-state index contributed by atoms with van der Waals surface area (Å²) in [5.41, 5.74) is 3.09. The zero-order chi connectivity index (χ0) is 14.8. The Bertz CT molecular complexity index is 655. The van der Waals surface area contributed by atoms with E-state index in [0.29, 0.717) is 5.56 Å². The van der Waals surface area contributed by atoms with E-state index in [1.165, 1.54) is 5.56 Å². The zero-order valence-electron chi connectivity index (χ0n) is 12.2. The molecule has 1 aromatic heterocycles. The molecule has 21 heavy (non-hydrogen) atoms. The number of amides is 1. The first kappa shape index (κ1) is 13.6. The van der Waals surface area contributed by atoms with E-state index in [9.17, 15) is 4.79 Å². The molecule has 0 fully saturated rings. The Hall–Kier alpha value is -2.36. The van der Waals surface area contributed by atoms with Gasteiger partial charge in [0, 0.05) is 18.9 Å². The number of rotatable bonds is 2. The fourth-order valence-electron chi connectivity index (χ4n) is 2.85. The molecule has 0 N–H and O–H groups in total. The molecule has 1 amide bonds. The molecule has 1 aliphatic rings. The second-order valence-corrected chi connectivity index (χ2v) is 5.23. The van der Waals surface area contributed by atoms with Crippen LogP contribution in [0.5, 0.6) is 5.75 Å². The van der Waals surface area contributed by atoms with Crippen LogP contribution in [-0.4, -0.2) is 29.4 Å². The number of hydrogen-bond donors (Lipinski definition) is 0. The standard InChI is InChI=1S/C17H18N2O2/c1-12-16-10-15(21-2)6-5-13(16)7-9-19(12)17(20)14-4-3-8-18-11-14/h3-6,8,10-12H,7,9H2,1-2H3. The Morgan fingerprint density at radius 1 is 1.38 bits per heavy atom. The number of aromatic nitrogens is 1. The summed E-state index contributed by atoms with van der Waals surface area (Å²) >= 11 is 0. The van der Waals surface area contributed by atoms with Gasteiger partial charge in [-0.25, -0.2) is 0 Å². The Morgan fingerprint density at radius 3 is 2.95 bits per heavy atom. The van der Waals surface area contributed by atoms with Crippen LogP contribution in [0.1, 0.15) is 34.5 Å². The van der Waals surface area contributed by atoms with Crippen LogP contribution in [0.2, 0.25) is 0 Å². The van der Waals surface area contributed by atoms with E-state index >= 15 is 0 Å². The maximum Gasteiger partial charge on any atom is 0.255 e. The SMILES string of the molecule is COc1ccc2c(c1)C(C)N(C(=O)c1cccnc1)CC2. The molecule has 1 aliphatic heterocycles. The van der Waals surface area contributed by atoms with Crippen molar-refractivity contribution in [2.45, 2.75) is 19.4 Å². The molecular formula is C17H18N2O2. The number of carbonyl (C=O) groups is 1. The van der Waals surface area contributed by atoms with Gasteiger partial charge in [0.1, 0.15) is 5.75 Å². The predicted molar refractivity (Wildman–Crippen MR) is 80.4 cm³/mol. The Labute approximate surface area is 124 Å². The quantitative estimate of drug-likeness (QED) is 0.850. The molecule has 2 aromatic rings. The van der Waals surface area contributed by atoms with Gasteiger partial charge in [-0.3, -0.25) is 9.78 Å². The molecule has 0 bridgehead atoms. The predicted octanol–water partition coefficient (Wildman–Crippen LogP) is 2.85. The van der Waals surface area contributed by atoms with E-state index in [2.05, 4.69) is 18.0 Å². The van der Waals surface area contributed by atoms with Gasteiger partial charge in [-0.2, -0.15) is 0 Å². The summed E-state index contributed by atoms with van der Waals surface area (Å²) in [6, 6.07) is 9.74. The van der Waals surface area contributed by atoms with Crippen molar-refractivity contribution in [1.29, 1.82) is 0 Å². The zero-order valence-corrected chi connectivity index (χ0v) is 12.2. The highest BCUT2D eigenvalue weighted by Gasteiger charge is 2.28. The number of methoxy groups -OCH3 is 1. The van der Waals surface area contributed by atoms with Crippen molar-refractivity contribution in [3.05, 3.63) is 59.4 Å². The molecule has 0 saturated heterocycles. The van der Waals surface area contributed by atoms with Crippen LogP contribution in [0.25, 0.3) is 0 Å². The van der Waals surface area contributed by atoms with Crippen LogP contribution in [0.3, 0.4) is 0 Å². The van der Waals surface area contributed by atoms with Crippen molar-refractivity contribution in [3.8, 4) is 5.75 Å². The normalized spacial score (nSPS) is 17.2. The van der Waals surface area contributed by atoms with E-state index in [4.69, 9.17) is 4.74 Å². The summed E-state index contributed by atoms with van der Waals surface area (Å²) in [6.45, 7) is 2.79. The first-order chi connectivity index (χ1) is 10.2. The lowest BCUT2D eigenvalue weighted by molar-refractivity contribution is 0.0677. The van der Waals surface area contributed by atoms with E-state index in [1.807, 2.05) is 23.1 Å². The molecular weight excluding hydrogens is 264 g/mol. The first-order valence-electron chi connectivity index (χ1n) is 7.08. The lowest BCUT2D eigenvalue weighted by Crippen LogP contribution is -2.38. The molecule has 3 rings (SSSR count). The van der Waals surface area contributed by atoms with Gasteiger partial charge in [0.25, 0.3) is 5.91 Å². The molecule has 1 unspecified atom stereocenters. The van der Waals surface area contributed by atoms with Crippen molar-refractivity contribution in [3.63, 3.8) is 0 Å². The van der Waals surface area contributed by atoms with Crippen LogP contribution in [-0.2, 0) is 6.42 Å². The lowest BCUT2D eigenvalue weighted by Gasteiger charge is -2.35. The molecule has 4 nitrogen and oxygen atoms in total. The van der Waals surface area contributed by atoms with Crippen molar-refractivity contribution in [2.75, 3.05) is 13.7 Å². The lowest BCUT2D eigenvalue weighted by atomic mass is 9.93. The third-order valence-electron chi connectivity index (χ3n) is 4.06. The highest BCUT2D eigenvalue weighted by atomic mass is 16.5. The van der Waals surface area contributed by atoms with Crippen LogP contribution in [0.4, 0.5) is 0 Å². The third-order valence-corrected chi connectivity index (χ3v) is 4.06. The Kier molecular flexibility index (Phi) is 3.60. The van der Waals surface area contributed by atoms with Crippen LogP contribution in [0.15, 0.2) is 42.7 Å². The van der Waals surface area contributed by atoms with Gasteiger partial charge in [-0.15, -0.1) is 0 Å². The van der Waals surface area contributed by atoms with Gasteiger partial charge in [0.15, 0.2) is 0 Å². The molecule has 0 aliphatic carbocycles. The van der Waals surface area contributed by atoms with Gasteiger partial charge in [-0.1, -0.05) is 6.07 Å². The third kappa shape index (κ3) is 2.49. The van der Waals surface area contributed by atoms with E-state index in [1.54, 1.807) is 25.6 Å². The van der Waals surface area contributed by atoms with E-state index in [-0.39, 0.29) is 11.9 Å². The topological polar surface area (TPSA) is 42.4 Å². The van der Waals surface area contributed by atoms with E-state index in [0.717, 1.165) is 24.3 Å². The van der Waals surface area contributed by atoms with Gasteiger partial charge in [-0.05, 0) is 48.7 Å². The van der Waals surface area contributed by atoms with Crippen molar-refractivity contribution >= 4 is 5.91 Å². The maximum atomic E-state index is 12.6. The summed E-state index contributed by atoms with van der Waals surface area (Å²) < 4.78 is 5.30. The minimum absolute atomic E-state index is 0.0315. The highest BCUT2D eigenvalue weighted by Crippen LogP contribution is 2.32. The van der Waals surface area contributed by atoms with Crippen molar-refractivity contribution in [2.24, 2.45) is 0 Å². The van der Waals surface area contributed by atoms with Gasteiger partial charge in [0.2, 0.25) is 0 Å². The van der Waals surface area contributed by atoms with Gasteiger partial charge >= 0.3 is 0 Å².